The molecule has 0 spiro atoms. The molecule has 110 valence electrons. The summed E-state index contributed by atoms with van der Waals surface area (Å²) in [6.07, 6.45) is 3.67. The molecule has 0 radical (unpaired) electrons. The van der Waals surface area contributed by atoms with Crippen molar-refractivity contribution in [3.63, 3.8) is 0 Å². The van der Waals surface area contributed by atoms with E-state index in [-0.39, 0.29) is 5.56 Å². The summed E-state index contributed by atoms with van der Waals surface area (Å²) in [7, 11) is 0. The van der Waals surface area contributed by atoms with Gasteiger partial charge < -0.3 is 15.5 Å². The molecular formula is C16H23NO3. The Hall–Kier alpha value is -1.55. The van der Waals surface area contributed by atoms with Gasteiger partial charge in [0.05, 0.1) is 11.2 Å². The lowest BCUT2D eigenvalue weighted by Gasteiger charge is -2.40. The Labute approximate surface area is 119 Å². The van der Waals surface area contributed by atoms with Gasteiger partial charge in [0.2, 0.25) is 0 Å². The van der Waals surface area contributed by atoms with Gasteiger partial charge in [-0.2, -0.15) is 0 Å². The van der Waals surface area contributed by atoms with Crippen LogP contribution in [0, 0.1) is 5.41 Å². The minimum Gasteiger partial charge on any atom is -0.478 e. The Morgan fingerprint density at radius 3 is 2.20 bits per heavy atom. The molecule has 1 fully saturated rings. The predicted molar refractivity (Wildman–Crippen MR) is 79.1 cm³/mol. The average molecular weight is 277 g/mol. The lowest BCUT2D eigenvalue weighted by atomic mass is 9.71. The molecule has 20 heavy (non-hydrogen) atoms. The van der Waals surface area contributed by atoms with Gasteiger partial charge in [-0.15, -0.1) is 0 Å². The molecule has 0 saturated heterocycles. The Kier molecular flexibility index (Phi) is 4.04. The largest absolute Gasteiger partial charge is 0.478 e. The lowest BCUT2D eigenvalue weighted by Crippen LogP contribution is -2.42. The first-order valence-corrected chi connectivity index (χ1v) is 7.09. The highest BCUT2D eigenvalue weighted by atomic mass is 16.4. The highest BCUT2D eigenvalue weighted by Crippen LogP contribution is 2.40. The zero-order chi connectivity index (χ0) is 14.8. The molecule has 1 saturated carbocycles. The second kappa shape index (κ2) is 5.44. The standard InChI is InChI=1S/C16H23NO3/c1-15(2)7-9-16(20,10-8-15)11-17-13-5-3-12(4-6-13)14(18)19/h3-6,17,20H,7-11H2,1-2H3,(H,18,19). The molecule has 0 aromatic heterocycles. The molecule has 4 heteroatoms. The van der Waals surface area contributed by atoms with Crippen LogP contribution in [-0.2, 0) is 0 Å². The van der Waals surface area contributed by atoms with Gasteiger partial charge in [0.1, 0.15) is 0 Å². The number of aliphatic hydroxyl groups is 1. The van der Waals surface area contributed by atoms with Gasteiger partial charge in [-0.05, 0) is 55.4 Å². The van der Waals surface area contributed by atoms with Crippen LogP contribution in [0.5, 0.6) is 0 Å². The molecule has 4 nitrogen and oxygen atoms in total. The maximum absolute atomic E-state index is 10.8. The number of hydrogen-bond donors (Lipinski definition) is 3. The SMILES string of the molecule is CC1(C)CCC(O)(CNc2ccc(C(=O)O)cc2)CC1. The third-order valence-corrected chi connectivity index (χ3v) is 4.29. The van der Waals surface area contributed by atoms with Crippen LogP contribution < -0.4 is 5.32 Å². The van der Waals surface area contributed by atoms with E-state index >= 15 is 0 Å². The molecule has 0 amide bonds. The van der Waals surface area contributed by atoms with Crippen LogP contribution in [-0.4, -0.2) is 28.3 Å². The molecule has 0 unspecified atom stereocenters. The topological polar surface area (TPSA) is 69.6 Å². The summed E-state index contributed by atoms with van der Waals surface area (Å²) in [6.45, 7) is 4.99. The van der Waals surface area contributed by atoms with Gasteiger partial charge in [-0.25, -0.2) is 4.79 Å². The first kappa shape index (κ1) is 14.9. The third kappa shape index (κ3) is 3.73. The van der Waals surface area contributed by atoms with Crippen LogP contribution >= 0.6 is 0 Å². The molecule has 1 aromatic carbocycles. The molecule has 0 atom stereocenters. The minimum atomic E-state index is -0.926. The van der Waals surface area contributed by atoms with Crippen LogP contribution in [0.15, 0.2) is 24.3 Å². The van der Waals surface area contributed by atoms with Crippen molar-refractivity contribution in [3.8, 4) is 0 Å². The lowest BCUT2D eigenvalue weighted by molar-refractivity contribution is -0.0145. The van der Waals surface area contributed by atoms with Crippen LogP contribution in [0.1, 0.15) is 49.9 Å². The second-order valence-corrected chi connectivity index (χ2v) is 6.62. The summed E-state index contributed by atoms with van der Waals surface area (Å²) in [5.74, 6) is -0.926. The fourth-order valence-electron chi connectivity index (χ4n) is 2.57. The van der Waals surface area contributed by atoms with Crippen LogP contribution in [0.2, 0.25) is 0 Å². The zero-order valence-electron chi connectivity index (χ0n) is 12.1. The monoisotopic (exact) mass is 277 g/mol. The normalized spacial score (nSPS) is 20.4. The summed E-state index contributed by atoms with van der Waals surface area (Å²) in [4.78, 5) is 10.8. The molecule has 1 aromatic rings. The van der Waals surface area contributed by atoms with Crippen LogP contribution in [0.3, 0.4) is 0 Å². The van der Waals surface area contributed by atoms with E-state index < -0.39 is 11.6 Å². The average Bonchev–Trinajstić information content (AvgIpc) is 2.41. The second-order valence-electron chi connectivity index (χ2n) is 6.62. The van der Waals surface area contributed by atoms with Gasteiger partial charge in [0.25, 0.3) is 0 Å². The number of nitrogens with one attached hydrogen (secondary N) is 1. The van der Waals surface area contributed by atoms with E-state index in [4.69, 9.17) is 5.11 Å². The number of rotatable bonds is 4. The number of carboxylic acids is 1. The Morgan fingerprint density at radius 1 is 1.15 bits per heavy atom. The van der Waals surface area contributed by atoms with E-state index in [1.165, 1.54) is 0 Å². The van der Waals surface area contributed by atoms with Crippen LogP contribution in [0.4, 0.5) is 5.69 Å². The summed E-state index contributed by atoms with van der Waals surface area (Å²) >= 11 is 0. The number of benzene rings is 1. The van der Waals surface area contributed by atoms with E-state index in [1.807, 2.05) is 0 Å². The molecule has 2 rings (SSSR count). The highest BCUT2D eigenvalue weighted by molar-refractivity contribution is 5.87. The van der Waals surface area contributed by atoms with E-state index in [0.717, 1.165) is 31.4 Å². The number of carboxylic acid groups (broad SMARTS) is 1. The van der Waals surface area contributed by atoms with E-state index in [9.17, 15) is 9.90 Å². The van der Waals surface area contributed by atoms with Crippen molar-refractivity contribution < 1.29 is 15.0 Å². The van der Waals surface area contributed by atoms with Gasteiger partial charge in [-0.3, -0.25) is 0 Å². The molecule has 0 aliphatic heterocycles. The predicted octanol–water partition coefficient (Wildman–Crippen LogP) is 3.13. The molecular weight excluding hydrogens is 254 g/mol. The number of anilines is 1. The van der Waals surface area contributed by atoms with E-state index in [2.05, 4.69) is 19.2 Å². The summed E-state index contributed by atoms with van der Waals surface area (Å²) in [5, 5.41) is 22.6. The molecule has 3 N–H and O–H groups in total. The maximum Gasteiger partial charge on any atom is 0.335 e. The molecule has 0 heterocycles. The first-order valence-electron chi connectivity index (χ1n) is 7.09. The van der Waals surface area contributed by atoms with E-state index in [1.54, 1.807) is 24.3 Å². The Balaban J connectivity index is 1.90. The van der Waals surface area contributed by atoms with Gasteiger partial charge in [0.15, 0.2) is 0 Å². The van der Waals surface area contributed by atoms with Crippen molar-refractivity contribution in [2.75, 3.05) is 11.9 Å². The highest BCUT2D eigenvalue weighted by Gasteiger charge is 2.36. The molecule has 1 aliphatic carbocycles. The quantitative estimate of drug-likeness (QED) is 0.791. The van der Waals surface area contributed by atoms with Crippen molar-refractivity contribution in [1.29, 1.82) is 0 Å². The van der Waals surface area contributed by atoms with Gasteiger partial charge >= 0.3 is 5.97 Å². The van der Waals surface area contributed by atoms with Crippen molar-refractivity contribution in [2.45, 2.75) is 45.1 Å². The zero-order valence-corrected chi connectivity index (χ0v) is 12.1. The Bertz CT molecular complexity index is 469. The first-order chi connectivity index (χ1) is 9.30. The number of carbonyl (C=O) groups is 1. The minimum absolute atomic E-state index is 0.272. The maximum atomic E-state index is 10.8. The summed E-state index contributed by atoms with van der Waals surface area (Å²) < 4.78 is 0. The summed E-state index contributed by atoms with van der Waals surface area (Å²) in [5.41, 5.74) is 0.790. The summed E-state index contributed by atoms with van der Waals surface area (Å²) in [6, 6.07) is 6.61. The number of aromatic carboxylic acids is 1. The smallest absolute Gasteiger partial charge is 0.335 e. The van der Waals surface area contributed by atoms with Crippen molar-refractivity contribution in [3.05, 3.63) is 29.8 Å². The van der Waals surface area contributed by atoms with Crippen molar-refractivity contribution in [2.24, 2.45) is 5.41 Å². The fraction of sp³-hybridized carbons (Fsp3) is 0.562. The van der Waals surface area contributed by atoms with Crippen LogP contribution in [0.25, 0.3) is 0 Å². The van der Waals surface area contributed by atoms with Crippen molar-refractivity contribution in [1.82, 2.24) is 0 Å². The third-order valence-electron chi connectivity index (χ3n) is 4.29. The Morgan fingerprint density at radius 2 is 1.70 bits per heavy atom. The molecule has 1 aliphatic rings. The van der Waals surface area contributed by atoms with Gasteiger partial charge in [0, 0.05) is 12.2 Å². The number of hydrogen-bond acceptors (Lipinski definition) is 3. The van der Waals surface area contributed by atoms with E-state index in [0.29, 0.717) is 12.0 Å². The fourth-order valence-corrected chi connectivity index (χ4v) is 2.57. The molecule has 0 bridgehead atoms. The van der Waals surface area contributed by atoms with Gasteiger partial charge in [-0.1, -0.05) is 13.8 Å². The van der Waals surface area contributed by atoms with Crippen molar-refractivity contribution >= 4 is 11.7 Å².